The predicted octanol–water partition coefficient (Wildman–Crippen LogP) is 2.36. The van der Waals surface area contributed by atoms with Crippen LogP contribution in [0.3, 0.4) is 0 Å². The SMILES string of the molecule is CC(=O)c1ccc(S(=O)(=O)Nc2ccc(F)nc2F)cc1. The molecule has 1 aromatic carbocycles. The molecular weight excluding hydrogens is 302 g/mol. The van der Waals surface area contributed by atoms with Crippen molar-refractivity contribution in [2.45, 2.75) is 11.8 Å². The van der Waals surface area contributed by atoms with Crippen molar-refractivity contribution >= 4 is 21.5 Å². The van der Waals surface area contributed by atoms with Crippen LogP contribution >= 0.6 is 0 Å². The maximum absolute atomic E-state index is 13.3. The Kier molecular flexibility index (Phi) is 3.99. The van der Waals surface area contributed by atoms with Crippen LogP contribution in [0.1, 0.15) is 17.3 Å². The number of hydrogen-bond donors (Lipinski definition) is 1. The molecule has 0 bridgehead atoms. The molecule has 5 nitrogen and oxygen atoms in total. The van der Waals surface area contributed by atoms with Crippen molar-refractivity contribution < 1.29 is 22.0 Å². The first-order valence-electron chi connectivity index (χ1n) is 5.75. The lowest BCUT2D eigenvalue weighted by atomic mass is 10.2. The second-order valence-corrected chi connectivity index (χ2v) is 5.84. The van der Waals surface area contributed by atoms with Crippen molar-refractivity contribution in [2.24, 2.45) is 0 Å². The van der Waals surface area contributed by atoms with Gasteiger partial charge in [-0.05, 0) is 31.2 Å². The normalized spacial score (nSPS) is 11.2. The number of Topliss-reactive ketones (excluding diaryl/α,β-unsaturated/α-hetero) is 1. The van der Waals surface area contributed by atoms with E-state index in [9.17, 15) is 22.0 Å². The zero-order chi connectivity index (χ0) is 15.6. The molecular formula is C13H10F2N2O3S. The van der Waals surface area contributed by atoms with Crippen LogP contribution in [0.2, 0.25) is 0 Å². The molecule has 0 amide bonds. The van der Waals surface area contributed by atoms with E-state index in [2.05, 4.69) is 4.98 Å². The van der Waals surface area contributed by atoms with E-state index in [4.69, 9.17) is 0 Å². The minimum absolute atomic E-state index is 0.156. The molecule has 0 unspecified atom stereocenters. The highest BCUT2D eigenvalue weighted by atomic mass is 32.2. The van der Waals surface area contributed by atoms with Crippen LogP contribution in [-0.4, -0.2) is 19.2 Å². The number of sulfonamides is 1. The number of nitrogens with zero attached hydrogens (tertiary/aromatic N) is 1. The number of ketones is 1. The third-order valence-corrected chi connectivity index (χ3v) is 4.01. The van der Waals surface area contributed by atoms with Gasteiger partial charge in [-0.25, -0.2) is 8.42 Å². The number of rotatable bonds is 4. The molecule has 0 saturated heterocycles. The van der Waals surface area contributed by atoms with Crippen LogP contribution in [0, 0.1) is 11.9 Å². The first-order chi connectivity index (χ1) is 9.79. The molecule has 0 spiro atoms. The number of aromatic nitrogens is 1. The molecule has 1 aromatic heterocycles. The zero-order valence-corrected chi connectivity index (χ0v) is 11.6. The predicted molar refractivity (Wildman–Crippen MR) is 71.4 cm³/mol. The summed E-state index contributed by atoms with van der Waals surface area (Å²) >= 11 is 0. The highest BCUT2D eigenvalue weighted by Crippen LogP contribution is 2.18. The summed E-state index contributed by atoms with van der Waals surface area (Å²) < 4.78 is 52.0. The fourth-order valence-corrected chi connectivity index (χ4v) is 2.61. The van der Waals surface area contributed by atoms with E-state index in [1.54, 1.807) is 0 Å². The van der Waals surface area contributed by atoms with E-state index in [0.717, 1.165) is 12.1 Å². The van der Waals surface area contributed by atoms with Gasteiger partial charge < -0.3 is 0 Å². The first-order valence-corrected chi connectivity index (χ1v) is 7.24. The largest absolute Gasteiger partial charge is 0.295 e. The fraction of sp³-hybridized carbons (Fsp3) is 0.0769. The lowest BCUT2D eigenvalue weighted by Crippen LogP contribution is -2.14. The van der Waals surface area contributed by atoms with E-state index in [-0.39, 0.29) is 10.7 Å². The fourth-order valence-electron chi connectivity index (χ4n) is 1.56. The lowest BCUT2D eigenvalue weighted by Gasteiger charge is -2.08. The molecule has 2 aromatic rings. The van der Waals surface area contributed by atoms with Crippen molar-refractivity contribution in [3.63, 3.8) is 0 Å². The summed E-state index contributed by atoms with van der Waals surface area (Å²) in [4.78, 5) is 13.8. The van der Waals surface area contributed by atoms with Gasteiger partial charge in [0.2, 0.25) is 11.9 Å². The molecule has 1 heterocycles. The number of carbonyl (C=O) groups excluding carboxylic acids is 1. The smallest absolute Gasteiger partial charge is 0.262 e. The Labute approximate surface area is 119 Å². The Bertz CT molecular complexity index is 790. The summed E-state index contributed by atoms with van der Waals surface area (Å²) in [5.41, 5.74) is -0.115. The van der Waals surface area contributed by atoms with Crippen molar-refractivity contribution in [1.29, 1.82) is 0 Å². The molecule has 0 aliphatic heterocycles. The molecule has 0 radical (unpaired) electrons. The molecule has 0 fully saturated rings. The monoisotopic (exact) mass is 312 g/mol. The van der Waals surface area contributed by atoms with Crippen LogP contribution in [-0.2, 0) is 10.0 Å². The highest BCUT2D eigenvalue weighted by molar-refractivity contribution is 7.92. The van der Waals surface area contributed by atoms with E-state index in [0.29, 0.717) is 5.56 Å². The number of halogens is 2. The minimum Gasteiger partial charge on any atom is -0.295 e. The lowest BCUT2D eigenvalue weighted by molar-refractivity contribution is 0.101. The molecule has 8 heteroatoms. The summed E-state index contributed by atoms with van der Waals surface area (Å²) in [6.07, 6.45) is 0. The number of anilines is 1. The molecule has 1 N–H and O–H groups in total. The van der Waals surface area contributed by atoms with Gasteiger partial charge in [0.05, 0.1) is 4.90 Å². The van der Waals surface area contributed by atoms with Crippen molar-refractivity contribution in [3.8, 4) is 0 Å². The van der Waals surface area contributed by atoms with E-state index in [1.807, 2.05) is 4.72 Å². The van der Waals surface area contributed by atoms with Gasteiger partial charge in [-0.3, -0.25) is 9.52 Å². The van der Waals surface area contributed by atoms with E-state index >= 15 is 0 Å². The highest BCUT2D eigenvalue weighted by Gasteiger charge is 2.17. The third kappa shape index (κ3) is 3.40. The molecule has 0 atom stereocenters. The van der Waals surface area contributed by atoms with Crippen molar-refractivity contribution in [2.75, 3.05) is 4.72 Å². The van der Waals surface area contributed by atoms with Crippen molar-refractivity contribution in [1.82, 2.24) is 4.98 Å². The summed E-state index contributed by atoms with van der Waals surface area (Å²) in [7, 11) is -4.05. The average molecular weight is 312 g/mol. The summed E-state index contributed by atoms with van der Waals surface area (Å²) in [5, 5.41) is 0. The molecule has 0 aliphatic rings. The van der Waals surface area contributed by atoms with Crippen LogP contribution in [0.5, 0.6) is 0 Å². The molecule has 21 heavy (non-hydrogen) atoms. The molecule has 0 saturated carbocycles. The van der Waals surface area contributed by atoms with Gasteiger partial charge in [-0.15, -0.1) is 0 Å². The van der Waals surface area contributed by atoms with E-state index < -0.39 is 27.6 Å². The Hall–Kier alpha value is -2.35. The number of pyridine rings is 1. The van der Waals surface area contributed by atoms with Crippen LogP contribution in [0.15, 0.2) is 41.3 Å². The van der Waals surface area contributed by atoms with Crippen LogP contribution < -0.4 is 4.72 Å². The summed E-state index contributed by atoms with van der Waals surface area (Å²) in [6.45, 7) is 1.35. The molecule has 110 valence electrons. The van der Waals surface area contributed by atoms with Gasteiger partial charge in [0, 0.05) is 5.56 Å². The number of benzene rings is 1. The quantitative estimate of drug-likeness (QED) is 0.694. The van der Waals surface area contributed by atoms with Gasteiger partial charge in [0.1, 0.15) is 5.69 Å². The summed E-state index contributed by atoms with van der Waals surface area (Å²) in [6, 6.07) is 6.88. The Morgan fingerprint density at radius 2 is 1.71 bits per heavy atom. The maximum Gasteiger partial charge on any atom is 0.262 e. The Morgan fingerprint density at radius 1 is 1.10 bits per heavy atom. The van der Waals surface area contributed by atoms with E-state index in [1.165, 1.54) is 31.2 Å². The van der Waals surface area contributed by atoms with Crippen LogP contribution in [0.4, 0.5) is 14.5 Å². The average Bonchev–Trinajstić information content (AvgIpc) is 2.42. The third-order valence-electron chi connectivity index (χ3n) is 2.63. The van der Waals surface area contributed by atoms with Gasteiger partial charge >= 0.3 is 0 Å². The second-order valence-electron chi connectivity index (χ2n) is 4.16. The van der Waals surface area contributed by atoms with Gasteiger partial charge in [0.15, 0.2) is 5.78 Å². The number of nitrogens with one attached hydrogen (secondary N) is 1. The number of hydrogen-bond acceptors (Lipinski definition) is 4. The van der Waals surface area contributed by atoms with Gasteiger partial charge in [-0.2, -0.15) is 13.8 Å². The zero-order valence-electron chi connectivity index (χ0n) is 10.8. The van der Waals surface area contributed by atoms with Gasteiger partial charge in [0.25, 0.3) is 10.0 Å². The molecule has 2 rings (SSSR count). The Morgan fingerprint density at radius 3 is 2.24 bits per heavy atom. The minimum atomic E-state index is -4.05. The van der Waals surface area contributed by atoms with Gasteiger partial charge in [-0.1, -0.05) is 12.1 Å². The van der Waals surface area contributed by atoms with Crippen molar-refractivity contribution in [3.05, 3.63) is 53.9 Å². The number of carbonyl (C=O) groups is 1. The standard InChI is InChI=1S/C13H10F2N2O3S/c1-8(18)9-2-4-10(5-3-9)21(19,20)17-11-6-7-12(14)16-13(11)15/h2-7,17H,1H3. The Balaban J connectivity index is 2.31. The first kappa shape index (κ1) is 15.0. The maximum atomic E-state index is 13.3. The summed E-state index contributed by atoms with van der Waals surface area (Å²) in [5.74, 6) is -2.53. The second kappa shape index (κ2) is 5.57. The molecule has 0 aliphatic carbocycles. The topological polar surface area (TPSA) is 76.1 Å². The van der Waals surface area contributed by atoms with Crippen LogP contribution in [0.25, 0.3) is 0 Å².